The number of carbonyl (C=O) groups excluding carboxylic acids is 1. The monoisotopic (exact) mass is 343 g/mol. The first-order valence-electron chi connectivity index (χ1n) is 8.24. The maximum atomic E-state index is 12.2. The molecule has 0 aliphatic rings. The van der Waals surface area contributed by atoms with E-state index < -0.39 is 0 Å². The lowest BCUT2D eigenvalue weighted by molar-refractivity contribution is -0.122. The van der Waals surface area contributed by atoms with Crippen molar-refractivity contribution in [1.82, 2.24) is 5.32 Å². The Morgan fingerprint density at radius 3 is 2.36 bits per heavy atom. The Kier molecular flexibility index (Phi) is 6.69. The van der Waals surface area contributed by atoms with Crippen LogP contribution in [0.3, 0.4) is 0 Å². The molecular weight excluding hydrogens is 318 g/mol. The molecule has 0 unspecified atom stereocenters. The van der Waals surface area contributed by atoms with Crippen LogP contribution in [0.5, 0.6) is 17.2 Å². The molecule has 0 saturated heterocycles. The molecular formula is C20H25NO4. The van der Waals surface area contributed by atoms with Gasteiger partial charge in [0, 0.05) is 5.56 Å². The predicted molar refractivity (Wildman–Crippen MR) is 97.4 cm³/mol. The minimum Gasteiger partial charge on any atom is -0.497 e. The molecule has 0 bridgehead atoms. The zero-order chi connectivity index (χ0) is 18.2. The number of nitrogens with one attached hydrogen (secondary N) is 1. The Labute approximate surface area is 148 Å². The summed E-state index contributed by atoms with van der Waals surface area (Å²) < 4.78 is 16.2. The van der Waals surface area contributed by atoms with Gasteiger partial charge < -0.3 is 19.5 Å². The van der Waals surface area contributed by atoms with Gasteiger partial charge in [0.1, 0.15) is 17.2 Å². The summed E-state index contributed by atoms with van der Waals surface area (Å²) in [5.41, 5.74) is 2.04. The van der Waals surface area contributed by atoms with Crippen molar-refractivity contribution in [2.75, 3.05) is 20.8 Å². The first kappa shape index (κ1) is 18.6. The van der Waals surface area contributed by atoms with Gasteiger partial charge in [-0.05, 0) is 44.2 Å². The zero-order valence-corrected chi connectivity index (χ0v) is 15.2. The average molecular weight is 343 g/mol. The molecule has 0 fully saturated rings. The molecule has 0 radical (unpaired) electrons. The molecule has 134 valence electrons. The third kappa shape index (κ3) is 5.41. The van der Waals surface area contributed by atoms with Crippen molar-refractivity contribution in [2.24, 2.45) is 0 Å². The van der Waals surface area contributed by atoms with E-state index in [0.717, 1.165) is 17.1 Å². The number of hydrogen-bond donors (Lipinski definition) is 1. The van der Waals surface area contributed by atoms with E-state index in [1.807, 2.05) is 56.3 Å². The van der Waals surface area contributed by atoms with E-state index in [1.54, 1.807) is 14.2 Å². The Morgan fingerprint density at radius 1 is 1.04 bits per heavy atom. The summed E-state index contributed by atoms with van der Waals surface area (Å²) in [4.78, 5) is 12.2. The lowest BCUT2D eigenvalue weighted by Gasteiger charge is -2.18. The highest BCUT2D eigenvalue weighted by Crippen LogP contribution is 2.29. The van der Waals surface area contributed by atoms with Crippen LogP contribution in [0.4, 0.5) is 0 Å². The smallest absolute Gasteiger partial charge is 0.223 e. The van der Waals surface area contributed by atoms with Crippen LogP contribution >= 0.6 is 0 Å². The van der Waals surface area contributed by atoms with Crippen LogP contribution in [0.1, 0.15) is 30.5 Å². The van der Waals surface area contributed by atoms with Gasteiger partial charge in [-0.25, -0.2) is 0 Å². The van der Waals surface area contributed by atoms with Gasteiger partial charge in [-0.2, -0.15) is 0 Å². The van der Waals surface area contributed by atoms with Crippen molar-refractivity contribution in [3.8, 4) is 17.2 Å². The Balaban J connectivity index is 1.88. The van der Waals surface area contributed by atoms with Crippen molar-refractivity contribution in [3.63, 3.8) is 0 Å². The highest BCUT2D eigenvalue weighted by Gasteiger charge is 2.15. The molecule has 0 aliphatic heterocycles. The minimum absolute atomic E-state index is 0.0792. The highest BCUT2D eigenvalue weighted by atomic mass is 16.5. The first-order chi connectivity index (χ1) is 12.0. The van der Waals surface area contributed by atoms with Crippen LogP contribution in [0, 0.1) is 6.92 Å². The number of benzene rings is 2. The summed E-state index contributed by atoms with van der Waals surface area (Å²) in [6.45, 7) is 4.26. The lowest BCUT2D eigenvalue weighted by Crippen LogP contribution is -2.28. The molecule has 2 aromatic carbocycles. The molecule has 0 aromatic heterocycles. The van der Waals surface area contributed by atoms with Crippen molar-refractivity contribution >= 4 is 5.91 Å². The third-order valence-electron chi connectivity index (χ3n) is 3.90. The van der Waals surface area contributed by atoms with Crippen molar-refractivity contribution in [3.05, 3.63) is 53.6 Å². The van der Waals surface area contributed by atoms with Crippen LogP contribution in [-0.4, -0.2) is 26.7 Å². The maximum Gasteiger partial charge on any atom is 0.223 e. The minimum atomic E-state index is -0.197. The molecule has 5 heteroatoms. The molecule has 2 aromatic rings. The molecule has 2 rings (SSSR count). The van der Waals surface area contributed by atoms with Crippen LogP contribution in [0.2, 0.25) is 0 Å². The van der Waals surface area contributed by atoms with Gasteiger partial charge in [-0.3, -0.25) is 4.79 Å². The quantitative estimate of drug-likeness (QED) is 0.795. The molecule has 0 spiro atoms. The number of methoxy groups -OCH3 is 2. The number of hydrogen-bond acceptors (Lipinski definition) is 4. The number of carbonyl (C=O) groups is 1. The second-order valence-electron chi connectivity index (χ2n) is 5.81. The topological polar surface area (TPSA) is 56.8 Å². The van der Waals surface area contributed by atoms with E-state index in [4.69, 9.17) is 14.2 Å². The van der Waals surface area contributed by atoms with E-state index >= 15 is 0 Å². The summed E-state index contributed by atoms with van der Waals surface area (Å²) in [5.74, 6) is 2.12. The second kappa shape index (κ2) is 8.97. The Morgan fingerprint density at radius 2 is 1.72 bits per heavy atom. The molecule has 0 saturated carbocycles. The fourth-order valence-corrected chi connectivity index (χ4v) is 2.47. The summed E-state index contributed by atoms with van der Waals surface area (Å²) in [5, 5.41) is 2.96. The average Bonchev–Trinajstić information content (AvgIpc) is 2.62. The normalized spacial score (nSPS) is 11.5. The molecule has 5 nitrogen and oxygen atoms in total. The Hall–Kier alpha value is -2.69. The van der Waals surface area contributed by atoms with Gasteiger partial charge in [0.2, 0.25) is 5.91 Å². The van der Waals surface area contributed by atoms with Crippen LogP contribution < -0.4 is 19.5 Å². The molecule has 25 heavy (non-hydrogen) atoms. The van der Waals surface area contributed by atoms with Gasteiger partial charge in [0.25, 0.3) is 0 Å². The lowest BCUT2D eigenvalue weighted by atomic mass is 10.1. The summed E-state index contributed by atoms with van der Waals surface area (Å²) in [7, 11) is 3.21. The molecule has 0 aliphatic carbocycles. The van der Waals surface area contributed by atoms with E-state index in [1.165, 1.54) is 5.56 Å². The fraction of sp³-hybridized carbons (Fsp3) is 0.350. The summed E-state index contributed by atoms with van der Waals surface area (Å²) in [6, 6.07) is 13.1. The van der Waals surface area contributed by atoms with Crippen molar-refractivity contribution < 1.29 is 19.0 Å². The van der Waals surface area contributed by atoms with E-state index in [9.17, 15) is 4.79 Å². The number of amides is 1. The van der Waals surface area contributed by atoms with Crippen molar-refractivity contribution in [1.29, 1.82) is 0 Å². The number of rotatable bonds is 8. The van der Waals surface area contributed by atoms with Crippen LogP contribution in [0.15, 0.2) is 42.5 Å². The summed E-state index contributed by atoms with van der Waals surface area (Å²) >= 11 is 0. The molecule has 0 heterocycles. The van der Waals surface area contributed by atoms with Crippen LogP contribution in [0.25, 0.3) is 0 Å². The third-order valence-corrected chi connectivity index (χ3v) is 3.90. The standard InChI is InChI=1S/C20H25NO4/c1-14-5-7-16(8-6-14)25-12-11-20(22)21-15(2)18-13-17(23-3)9-10-19(18)24-4/h5-10,13,15H,11-12H2,1-4H3,(H,21,22)/t15-/m1/s1. The van der Waals surface area contributed by atoms with Gasteiger partial charge in [-0.15, -0.1) is 0 Å². The van der Waals surface area contributed by atoms with E-state index in [-0.39, 0.29) is 18.4 Å². The van der Waals surface area contributed by atoms with Crippen LogP contribution in [-0.2, 0) is 4.79 Å². The molecule has 1 N–H and O–H groups in total. The largest absolute Gasteiger partial charge is 0.497 e. The SMILES string of the molecule is COc1ccc(OC)c([C@@H](C)NC(=O)CCOc2ccc(C)cc2)c1. The predicted octanol–water partition coefficient (Wildman–Crippen LogP) is 3.66. The van der Waals surface area contributed by atoms with Crippen molar-refractivity contribution in [2.45, 2.75) is 26.3 Å². The van der Waals surface area contributed by atoms with Gasteiger partial charge in [0.15, 0.2) is 0 Å². The van der Waals surface area contributed by atoms with Gasteiger partial charge in [-0.1, -0.05) is 17.7 Å². The molecule has 1 amide bonds. The first-order valence-corrected chi connectivity index (χ1v) is 8.24. The fourth-order valence-electron chi connectivity index (χ4n) is 2.47. The van der Waals surface area contributed by atoms with Gasteiger partial charge in [0.05, 0.1) is 33.3 Å². The molecule has 1 atom stereocenters. The zero-order valence-electron chi connectivity index (χ0n) is 15.2. The number of ether oxygens (including phenoxy) is 3. The summed E-state index contributed by atoms with van der Waals surface area (Å²) in [6.07, 6.45) is 0.282. The number of aryl methyl sites for hydroxylation is 1. The second-order valence-corrected chi connectivity index (χ2v) is 5.81. The van der Waals surface area contributed by atoms with E-state index in [0.29, 0.717) is 12.4 Å². The van der Waals surface area contributed by atoms with Gasteiger partial charge >= 0.3 is 0 Å². The Bertz CT molecular complexity index is 697. The van der Waals surface area contributed by atoms with E-state index in [2.05, 4.69) is 5.32 Å². The maximum absolute atomic E-state index is 12.2. The highest BCUT2D eigenvalue weighted by molar-refractivity contribution is 5.76.